The van der Waals surface area contributed by atoms with E-state index in [1.807, 2.05) is 0 Å². The van der Waals surface area contributed by atoms with Gasteiger partial charge in [-0.05, 0) is 12.3 Å². The van der Waals surface area contributed by atoms with Gasteiger partial charge in [-0.1, -0.05) is 0 Å². The molecule has 8 heteroatoms. The molecule has 3 unspecified atom stereocenters. The quantitative estimate of drug-likeness (QED) is 0.478. The molecule has 0 amide bonds. The molecule has 0 radical (unpaired) electrons. The average Bonchev–Trinajstić information content (AvgIpc) is 2.76. The standard InChI is InChI=1S/C7H11O7P/c8-6(9)4-1-3(4)5(7(10)11)2-15(12,13)14/h3-5H,1-2H2,(H,8,9)(H,10,11)(H2,12,13,14). The number of hydrogen-bond donors (Lipinski definition) is 4. The monoisotopic (exact) mass is 238 g/mol. The second-order valence-electron chi connectivity index (χ2n) is 3.64. The fourth-order valence-electron chi connectivity index (χ4n) is 1.60. The zero-order chi connectivity index (χ0) is 11.8. The Labute approximate surface area is 84.9 Å². The van der Waals surface area contributed by atoms with E-state index in [-0.39, 0.29) is 6.42 Å². The van der Waals surface area contributed by atoms with E-state index >= 15 is 0 Å². The Kier molecular flexibility index (Phi) is 3.18. The van der Waals surface area contributed by atoms with Gasteiger partial charge in [0.25, 0.3) is 0 Å². The van der Waals surface area contributed by atoms with Gasteiger partial charge in [-0.3, -0.25) is 14.2 Å². The molecule has 3 atom stereocenters. The van der Waals surface area contributed by atoms with E-state index in [0.717, 1.165) is 0 Å². The molecule has 15 heavy (non-hydrogen) atoms. The molecule has 7 nitrogen and oxygen atoms in total. The van der Waals surface area contributed by atoms with Gasteiger partial charge in [0.15, 0.2) is 0 Å². The van der Waals surface area contributed by atoms with Crippen LogP contribution in [0.15, 0.2) is 0 Å². The molecule has 86 valence electrons. The SMILES string of the molecule is O=C(O)C1CC1C(CP(=O)(O)O)C(=O)O. The number of carbonyl (C=O) groups is 2. The summed E-state index contributed by atoms with van der Waals surface area (Å²) in [6.45, 7) is 0. The van der Waals surface area contributed by atoms with Gasteiger partial charge in [0, 0.05) is 0 Å². The van der Waals surface area contributed by atoms with Gasteiger partial charge in [0.1, 0.15) is 0 Å². The Morgan fingerprint density at radius 3 is 2.13 bits per heavy atom. The fourth-order valence-corrected chi connectivity index (χ4v) is 2.54. The van der Waals surface area contributed by atoms with Crippen LogP contribution in [0.3, 0.4) is 0 Å². The summed E-state index contributed by atoms with van der Waals surface area (Å²) in [5.41, 5.74) is 0. The fraction of sp³-hybridized carbons (Fsp3) is 0.714. The van der Waals surface area contributed by atoms with Crippen molar-refractivity contribution in [1.82, 2.24) is 0 Å². The van der Waals surface area contributed by atoms with Crippen molar-refractivity contribution in [1.29, 1.82) is 0 Å². The first-order chi connectivity index (χ1) is 6.72. The molecule has 1 aliphatic carbocycles. The molecular weight excluding hydrogens is 227 g/mol. The largest absolute Gasteiger partial charge is 0.481 e. The smallest absolute Gasteiger partial charge is 0.326 e. The van der Waals surface area contributed by atoms with Crippen LogP contribution in [0.25, 0.3) is 0 Å². The Bertz CT molecular complexity index is 332. The van der Waals surface area contributed by atoms with Crippen LogP contribution in [0.1, 0.15) is 6.42 Å². The minimum Gasteiger partial charge on any atom is -0.481 e. The third kappa shape index (κ3) is 3.30. The molecule has 1 fully saturated rings. The second kappa shape index (κ2) is 3.92. The van der Waals surface area contributed by atoms with E-state index in [1.165, 1.54) is 0 Å². The Hall–Kier alpha value is -0.910. The predicted molar refractivity (Wildman–Crippen MR) is 47.3 cm³/mol. The van der Waals surface area contributed by atoms with Crippen molar-refractivity contribution < 1.29 is 34.2 Å². The maximum Gasteiger partial charge on any atom is 0.326 e. The molecular formula is C7H11O7P. The molecule has 0 aromatic carbocycles. The molecule has 0 bridgehead atoms. The van der Waals surface area contributed by atoms with Gasteiger partial charge in [-0.15, -0.1) is 0 Å². The maximum absolute atomic E-state index is 10.7. The van der Waals surface area contributed by atoms with E-state index in [4.69, 9.17) is 20.0 Å². The molecule has 1 saturated carbocycles. The van der Waals surface area contributed by atoms with E-state index in [0.29, 0.717) is 0 Å². The number of carboxylic acid groups (broad SMARTS) is 2. The van der Waals surface area contributed by atoms with Crippen molar-refractivity contribution in [2.45, 2.75) is 6.42 Å². The van der Waals surface area contributed by atoms with Crippen molar-refractivity contribution in [2.75, 3.05) is 6.16 Å². The lowest BCUT2D eigenvalue weighted by molar-refractivity contribution is -0.142. The first-order valence-electron chi connectivity index (χ1n) is 4.22. The topological polar surface area (TPSA) is 132 Å². The molecule has 0 aromatic heterocycles. The minimum atomic E-state index is -4.42. The lowest BCUT2D eigenvalue weighted by Gasteiger charge is -2.12. The number of carboxylic acids is 2. The summed E-state index contributed by atoms with van der Waals surface area (Å²) >= 11 is 0. The highest BCUT2D eigenvalue weighted by molar-refractivity contribution is 7.51. The van der Waals surface area contributed by atoms with Crippen molar-refractivity contribution in [3.8, 4) is 0 Å². The van der Waals surface area contributed by atoms with Crippen LogP contribution in [-0.4, -0.2) is 38.1 Å². The van der Waals surface area contributed by atoms with Crippen LogP contribution in [0.4, 0.5) is 0 Å². The molecule has 1 aliphatic rings. The lowest BCUT2D eigenvalue weighted by atomic mass is 10.1. The molecule has 0 heterocycles. The minimum absolute atomic E-state index is 0.173. The summed E-state index contributed by atoms with van der Waals surface area (Å²) < 4.78 is 10.6. The number of rotatable bonds is 5. The van der Waals surface area contributed by atoms with Gasteiger partial charge in [0.05, 0.1) is 18.0 Å². The van der Waals surface area contributed by atoms with Crippen LogP contribution in [0.2, 0.25) is 0 Å². The van der Waals surface area contributed by atoms with Gasteiger partial charge in [-0.2, -0.15) is 0 Å². The summed E-state index contributed by atoms with van der Waals surface area (Å²) in [4.78, 5) is 38.4. The summed E-state index contributed by atoms with van der Waals surface area (Å²) in [5, 5.41) is 17.3. The van der Waals surface area contributed by atoms with E-state index in [2.05, 4.69) is 0 Å². The van der Waals surface area contributed by atoms with Crippen LogP contribution < -0.4 is 0 Å². The predicted octanol–water partition coefficient (Wildman–Crippen LogP) is -0.414. The van der Waals surface area contributed by atoms with Gasteiger partial charge in [0.2, 0.25) is 0 Å². The summed E-state index contributed by atoms with van der Waals surface area (Å²) in [5.74, 6) is -5.18. The number of aliphatic carboxylic acids is 2. The summed E-state index contributed by atoms with van der Waals surface area (Å²) in [6.07, 6.45) is -0.622. The maximum atomic E-state index is 10.7. The van der Waals surface area contributed by atoms with Crippen LogP contribution in [0, 0.1) is 17.8 Å². The van der Waals surface area contributed by atoms with E-state index < -0.39 is 43.5 Å². The molecule has 0 spiro atoms. The van der Waals surface area contributed by atoms with Crippen molar-refractivity contribution in [3.05, 3.63) is 0 Å². The van der Waals surface area contributed by atoms with Gasteiger partial charge in [-0.25, -0.2) is 0 Å². The first-order valence-corrected chi connectivity index (χ1v) is 6.02. The molecule has 0 aliphatic heterocycles. The zero-order valence-corrected chi connectivity index (χ0v) is 8.50. The van der Waals surface area contributed by atoms with Crippen molar-refractivity contribution >= 4 is 19.5 Å². The average molecular weight is 238 g/mol. The number of hydrogen-bond acceptors (Lipinski definition) is 3. The van der Waals surface area contributed by atoms with Crippen LogP contribution >= 0.6 is 7.60 Å². The Morgan fingerprint density at radius 2 is 1.87 bits per heavy atom. The van der Waals surface area contributed by atoms with Crippen molar-refractivity contribution in [3.63, 3.8) is 0 Å². The van der Waals surface area contributed by atoms with Crippen LogP contribution in [0.5, 0.6) is 0 Å². The molecule has 4 N–H and O–H groups in total. The normalized spacial score (nSPS) is 27.1. The third-order valence-electron chi connectivity index (χ3n) is 2.43. The first kappa shape index (κ1) is 12.2. The van der Waals surface area contributed by atoms with Crippen molar-refractivity contribution in [2.24, 2.45) is 17.8 Å². The highest BCUT2D eigenvalue weighted by Gasteiger charge is 2.52. The Morgan fingerprint density at radius 1 is 1.33 bits per heavy atom. The zero-order valence-electron chi connectivity index (χ0n) is 7.61. The van der Waals surface area contributed by atoms with Gasteiger partial charge < -0.3 is 20.0 Å². The summed E-state index contributed by atoms with van der Waals surface area (Å²) in [6, 6.07) is 0. The highest BCUT2D eigenvalue weighted by atomic mass is 31.2. The molecule has 1 rings (SSSR count). The van der Waals surface area contributed by atoms with Crippen LogP contribution in [-0.2, 0) is 14.2 Å². The summed E-state index contributed by atoms with van der Waals surface area (Å²) in [7, 11) is -4.42. The lowest BCUT2D eigenvalue weighted by Crippen LogP contribution is -2.22. The Balaban J connectivity index is 2.66. The molecule has 0 aromatic rings. The van der Waals surface area contributed by atoms with E-state index in [1.54, 1.807) is 0 Å². The third-order valence-corrected chi connectivity index (χ3v) is 3.29. The molecule has 0 saturated heterocycles. The highest BCUT2D eigenvalue weighted by Crippen LogP contribution is 2.49. The van der Waals surface area contributed by atoms with Gasteiger partial charge >= 0.3 is 19.5 Å². The van der Waals surface area contributed by atoms with E-state index in [9.17, 15) is 14.2 Å². The second-order valence-corrected chi connectivity index (χ2v) is 5.33.